The van der Waals surface area contributed by atoms with Crippen LogP contribution in [0.3, 0.4) is 0 Å². The minimum atomic E-state index is -0.0158. The van der Waals surface area contributed by atoms with Crippen LogP contribution in [-0.4, -0.2) is 40.8 Å². The number of hydrogen-bond donors (Lipinski definition) is 0. The first-order chi connectivity index (χ1) is 14.7. The smallest absolute Gasteiger partial charge is 0.248 e. The average Bonchev–Trinajstić information content (AvgIpc) is 3.54. The molecule has 3 aromatic rings. The Kier molecular flexibility index (Phi) is 6.14. The van der Waals surface area contributed by atoms with Crippen molar-refractivity contribution in [3.63, 3.8) is 0 Å². The Balaban J connectivity index is 1.73. The first-order valence-corrected chi connectivity index (χ1v) is 10.3. The number of benzene rings is 2. The van der Waals surface area contributed by atoms with Gasteiger partial charge in [-0.05, 0) is 30.9 Å². The zero-order chi connectivity index (χ0) is 20.9. The van der Waals surface area contributed by atoms with Crippen LogP contribution in [0.1, 0.15) is 18.4 Å². The van der Waals surface area contributed by atoms with E-state index in [1.807, 2.05) is 72.6 Å². The minimum Gasteiger partial charge on any atom is -0.439 e. The first-order valence-electron chi connectivity index (χ1n) is 10.3. The van der Waals surface area contributed by atoms with E-state index >= 15 is 0 Å². The van der Waals surface area contributed by atoms with Crippen LogP contribution in [0, 0.1) is 5.92 Å². The second kappa shape index (κ2) is 9.13. The summed E-state index contributed by atoms with van der Waals surface area (Å²) < 4.78 is 13.1. The van der Waals surface area contributed by atoms with Crippen molar-refractivity contribution in [3.05, 3.63) is 66.2 Å². The minimum absolute atomic E-state index is 0.0158. The molecule has 2 aromatic carbocycles. The third-order valence-electron chi connectivity index (χ3n) is 5.24. The number of carbonyl (C=O) groups excluding carboxylic acids is 1. The van der Waals surface area contributed by atoms with Crippen molar-refractivity contribution < 1.29 is 14.3 Å². The normalized spacial score (nSPS) is 13.3. The van der Waals surface area contributed by atoms with Crippen LogP contribution in [0.15, 0.2) is 60.7 Å². The largest absolute Gasteiger partial charge is 0.439 e. The van der Waals surface area contributed by atoms with Gasteiger partial charge in [0.1, 0.15) is 18.1 Å². The van der Waals surface area contributed by atoms with Gasteiger partial charge in [0.15, 0.2) is 0 Å². The van der Waals surface area contributed by atoms with Crippen LogP contribution in [0.4, 0.5) is 0 Å². The van der Waals surface area contributed by atoms with Crippen LogP contribution in [-0.2, 0) is 23.1 Å². The molecule has 6 heteroatoms. The van der Waals surface area contributed by atoms with Crippen LogP contribution in [0.25, 0.3) is 11.3 Å². The molecular formula is C24H27N3O3. The van der Waals surface area contributed by atoms with Crippen molar-refractivity contribution in [1.82, 2.24) is 14.7 Å². The molecule has 1 heterocycles. The van der Waals surface area contributed by atoms with Crippen LogP contribution < -0.4 is 4.74 Å². The van der Waals surface area contributed by atoms with Crippen molar-refractivity contribution in [2.45, 2.75) is 19.4 Å². The molecular weight excluding hydrogens is 378 g/mol. The van der Waals surface area contributed by atoms with Crippen molar-refractivity contribution >= 4 is 5.91 Å². The SMILES string of the molecule is COCC(=O)N(Cc1c(-c2ccccc2)nn(C)c1Oc1ccccc1)CC1CC1. The summed E-state index contributed by atoms with van der Waals surface area (Å²) in [5.74, 6) is 1.93. The fourth-order valence-corrected chi connectivity index (χ4v) is 3.52. The Morgan fingerprint density at radius 1 is 1.10 bits per heavy atom. The van der Waals surface area contributed by atoms with Gasteiger partial charge in [-0.2, -0.15) is 5.10 Å². The molecule has 6 nitrogen and oxygen atoms in total. The summed E-state index contributed by atoms with van der Waals surface area (Å²) in [6.45, 7) is 1.23. The average molecular weight is 405 g/mol. The number of hydrogen-bond acceptors (Lipinski definition) is 4. The lowest BCUT2D eigenvalue weighted by atomic mass is 10.1. The predicted molar refractivity (Wildman–Crippen MR) is 115 cm³/mol. The van der Waals surface area contributed by atoms with E-state index in [0.717, 1.165) is 29.1 Å². The van der Waals surface area contributed by atoms with Crippen LogP contribution in [0.5, 0.6) is 11.6 Å². The summed E-state index contributed by atoms with van der Waals surface area (Å²) in [5, 5.41) is 4.75. The molecule has 1 fully saturated rings. The topological polar surface area (TPSA) is 56.6 Å². The number of carbonyl (C=O) groups is 1. The van der Waals surface area contributed by atoms with E-state index in [-0.39, 0.29) is 12.5 Å². The molecule has 1 aliphatic rings. The predicted octanol–water partition coefficient (Wildman–Crippen LogP) is 4.26. The maximum atomic E-state index is 12.8. The molecule has 0 aliphatic heterocycles. The van der Waals surface area contributed by atoms with Gasteiger partial charge in [-0.15, -0.1) is 0 Å². The Morgan fingerprint density at radius 2 is 1.77 bits per heavy atom. The molecule has 0 radical (unpaired) electrons. The van der Waals surface area contributed by atoms with Gasteiger partial charge in [0.25, 0.3) is 0 Å². The van der Waals surface area contributed by atoms with Crippen molar-refractivity contribution in [2.75, 3.05) is 20.3 Å². The van der Waals surface area contributed by atoms with E-state index in [1.165, 1.54) is 12.8 Å². The van der Waals surface area contributed by atoms with Crippen LogP contribution >= 0.6 is 0 Å². The molecule has 0 N–H and O–H groups in total. The number of nitrogens with zero attached hydrogens (tertiary/aromatic N) is 3. The Labute approximate surface area is 177 Å². The number of para-hydroxylation sites is 1. The number of aromatic nitrogens is 2. The van der Waals surface area contributed by atoms with Gasteiger partial charge in [0.2, 0.25) is 11.8 Å². The maximum absolute atomic E-state index is 12.8. The van der Waals surface area contributed by atoms with Crippen molar-refractivity contribution in [3.8, 4) is 22.9 Å². The summed E-state index contributed by atoms with van der Waals surface area (Å²) in [7, 11) is 3.42. The molecule has 1 aliphatic carbocycles. The quantitative estimate of drug-likeness (QED) is 0.534. The first kappa shape index (κ1) is 20.2. The molecule has 156 valence electrons. The summed E-state index contributed by atoms with van der Waals surface area (Å²) in [5.41, 5.74) is 2.73. The van der Waals surface area contributed by atoms with E-state index in [4.69, 9.17) is 14.6 Å². The molecule has 0 spiro atoms. The molecule has 4 rings (SSSR count). The second-order valence-electron chi connectivity index (χ2n) is 7.69. The molecule has 1 aromatic heterocycles. The fraction of sp³-hybridized carbons (Fsp3) is 0.333. The highest BCUT2D eigenvalue weighted by Crippen LogP contribution is 2.36. The lowest BCUT2D eigenvalue weighted by Crippen LogP contribution is -2.35. The van der Waals surface area contributed by atoms with Crippen LogP contribution in [0.2, 0.25) is 0 Å². The van der Waals surface area contributed by atoms with E-state index in [9.17, 15) is 4.79 Å². The molecule has 1 amide bonds. The number of ether oxygens (including phenoxy) is 2. The summed E-state index contributed by atoms with van der Waals surface area (Å²) in [4.78, 5) is 14.6. The second-order valence-corrected chi connectivity index (χ2v) is 7.69. The van der Waals surface area contributed by atoms with E-state index in [0.29, 0.717) is 18.3 Å². The Hall–Kier alpha value is -3.12. The zero-order valence-electron chi connectivity index (χ0n) is 17.5. The highest BCUT2D eigenvalue weighted by Gasteiger charge is 2.29. The van der Waals surface area contributed by atoms with Gasteiger partial charge in [0.05, 0.1) is 12.1 Å². The maximum Gasteiger partial charge on any atom is 0.248 e. The van der Waals surface area contributed by atoms with Gasteiger partial charge < -0.3 is 14.4 Å². The molecule has 0 unspecified atom stereocenters. The fourth-order valence-electron chi connectivity index (χ4n) is 3.52. The molecule has 30 heavy (non-hydrogen) atoms. The molecule has 0 saturated heterocycles. The third kappa shape index (κ3) is 4.71. The molecule has 1 saturated carbocycles. The number of rotatable bonds is 9. The zero-order valence-corrected chi connectivity index (χ0v) is 17.5. The van der Waals surface area contributed by atoms with Gasteiger partial charge in [-0.3, -0.25) is 4.79 Å². The van der Waals surface area contributed by atoms with Gasteiger partial charge in [-0.25, -0.2) is 4.68 Å². The van der Waals surface area contributed by atoms with Gasteiger partial charge >= 0.3 is 0 Å². The molecule has 0 bridgehead atoms. The van der Waals surface area contributed by atoms with Gasteiger partial charge in [0, 0.05) is 26.3 Å². The summed E-state index contributed by atoms with van der Waals surface area (Å²) in [6, 6.07) is 19.7. The van der Waals surface area contributed by atoms with E-state index in [2.05, 4.69) is 0 Å². The third-order valence-corrected chi connectivity index (χ3v) is 5.24. The number of aryl methyl sites for hydroxylation is 1. The number of amides is 1. The Morgan fingerprint density at radius 3 is 2.40 bits per heavy atom. The summed E-state index contributed by atoms with van der Waals surface area (Å²) in [6.07, 6.45) is 2.34. The Bertz CT molecular complexity index is 982. The standard InChI is InChI=1S/C24H27N3O3/c1-26-24(30-20-11-7-4-8-12-20)21(23(25-26)19-9-5-3-6-10-19)16-27(15-18-13-14-18)22(28)17-29-2/h3-12,18H,13-17H2,1-2H3. The van der Waals surface area contributed by atoms with Crippen molar-refractivity contribution in [2.24, 2.45) is 13.0 Å². The summed E-state index contributed by atoms with van der Waals surface area (Å²) >= 11 is 0. The van der Waals surface area contributed by atoms with E-state index < -0.39 is 0 Å². The lowest BCUT2D eigenvalue weighted by Gasteiger charge is -2.23. The van der Waals surface area contributed by atoms with Gasteiger partial charge in [-0.1, -0.05) is 48.5 Å². The molecule has 0 atom stereocenters. The monoisotopic (exact) mass is 405 g/mol. The van der Waals surface area contributed by atoms with E-state index in [1.54, 1.807) is 11.8 Å². The lowest BCUT2D eigenvalue weighted by molar-refractivity contribution is -0.136. The van der Waals surface area contributed by atoms with Crippen molar-refractivity contribution in [1.29, 1.82) is 0 Å². The highest BCUT2D eigenvalue weighted by molar-refractivity contribution is 5.78. The highest BCUT2D eigenvalue weighted by atomic mass is 16.5. The number of methoxy groups -OCH3 is 1.